The van der Waals surface area contributed by atoms with Crippen molar-refractivity contribution in [2.24, 2.45) is 0 Å². The number of halogens is 1. The molecule has 4 nitrogen and oxygen atoms in total. The molecule has 20 heavy (non-hydrogen) atoms. The van der Waals surface area contributed by atoms with E-state index in [4.69, 9.17) is 5.11 Å². The summed E-state index contributed by atoms with van der Waals surface area (Å²) in [5.41, 5.74) is 1.05. The van der Waals surface area contributed by atoms with Crippen molar-refractivity contribution < 1.29 is 17.9 Å². The molecule has 0 fully saturated rings. The first-order valence-corrected chi connectivity index (χ1v) is 7.43. The van der Waals surface area contributed by atoms with Crippen LogP contribution in [0.15, 0.2) is 53.4 Å². The van der Waals surface area contributed by atoms with Crippen molar-refractivity contribution in [3.8, 4) is 0 Å². The molecule has 106 valence electrons. The third-order valence-electron chi connectivity index (χ3n) is 2.75. The molecule has 0 atom stereocenters. The molecular weight excluding hydrogens is 281 g/mol. The van der Waals surface area contributed by atoms with Gasteiger partial charge in [-0.2, -0.15) is 0 Å². The van der Waals surface area contributed by atoms with Crippen LogP contribution < -0.4 is 4.72 Å². The number of aliphatic hydroxyl groups excluding tert-OH is 1. The maximum atomic E-state index is 13.0. The summed E-state index contributed by atoms with van der Waals surface area (Å²) in [4.78, 5) is 0.0699. The molecule has 0 heterocycles. The lowest BCUT2D eigenvalue weighted by atomic mass is 10.2. The Bertz CT molecular complexity index is 701. The van der Waals surface area contributed by atoms with Gasteiger partial charge in [-0.3, -0.25) is 0 Å². The molecule has 2 aromatic carbocycles. The van der Waals surface area contributed by atoms with Crippen LogP contribution in [-0.4, -0.2) is 13.5 Å². The summed E-state index contributed by atoms with van der Waals surface area (Å²) < 4.78 is 39.5. The van der Waals surface area contributed by atoms with Gasteiger partial charge in [0.2, 0.25) is 10.0 Å². The predicted octanol–water partition coefficient (Wildman–Crippen LogP) is 1.80. The fourth-order valence-corrected chi connectivity index (χ4v) is 2.81. The van der Waals surface area contributed by atoms with Crippen molar-refractivity contribution in [3.63, 3.8) is 0 Å². The minimum atomic E-state index is -3.69. The minimum Gasteiger partial charge on any atom is -0.392 e. The van der Waals surface area contributed by atoms with Crippen LogP contribution >= 0.6 is 0 Å². The Kier molecular flexibility index (Phi) is 4.49. The molecule has 0 aliphatic rings. The minimum absolute atomic E-state index is 0.00342. The van der Waals surface area contributed by atoms with Gasteiger partial charge in [0, 0.05) is 6.54 Å². The summed E-state index contributed by atoms with van der Waals surface area (Å²) in [6, 6.07) is 11.7. The molecule has 0 saturated carbocycles. The van der Waals surface area contributed by atoms with Crippen molar-refractivity contribution in [1.82, 2.24) is 4.72 Å². The molecular formula is C14H14FNO3S. The zero-order chi connectivity index (χ0) is 14.6. The number of nitrogens with one attached hydrogen (secondary N) is 1. The van der Waals surface area contributed by atoms with E-state index in [2.05, 4.69) is 4.72 Å². The second-order valence-electron chi connectivity index (χ2n) is 4.26. The summed E-state index contributed by atoms with van der Waals surface area (Å²) in [5, 5.41) is 9.01. The van der Waals surface area contributed by atoms with Crippen molar-refractivity contribution in [1.29, 1.82) is 0 Å². The Balaban J connectivity index is 2.15. The molecule has 0 radical (unpaired) electrons. The van der Waals surface area contributed by atoms with Crippen LogP contribution in [-0.2, 0) is 23.2 Å². The van der Waals surface area contributed by atoms with Gasteiger partial charge in [0.15, 0.2) is 0 Å². The van der Waals surface area contributed by atoms with Crippen molar-refractivity contribution in [2.45, 2.75) is 18.0 Å². The van der Waals surface area contributed by atoms with Crippen LogP contribution in [0.1, 0.15) is 11.1 Å². The number of benzene rings is 2. The summed E-state index contributed by atoms with van der Waals surface area (Å²) in [7, 11) is -3.69. The Labute approximate surface area is 116 Å². The van der Waals surface area contributed by atoms with Gasteiger partial charge in [-0.05, 0) is 35.4 Å². The lowest BCUT2D eigenvalue weighted by Gasteiger charge is -2.08. The normalized spacial score (nSPS) is 11.5. The van der Waals surface area contributed by atoms with Gasteiger partial charge in [-0.1, -0.05) is 24.3 Å². The number of sulfonamides is 1. The number of hydrogen-bond donors (Lipinski definition) is 2. The molecule has 6 heteroatoms. The van der Waals surface area contributed by atoms with Gasteiger partial charge in [0.1, 0.15) is 5.82 Å². The van der Waals surface area contributed by atoms with Gasteiger partial charge in [0.25, 0.3) is 0 Å². The van der Waals surface area contributed by atoms with Gasteiger partial charge in [-0.25, -0.2) is 17.5 Å². The summed E-state index contributed by atoms with van der Waals surface area (Å²) in [5.74, 6) is -0.413. The highest BCUT2D eigenvalue weighted by molar-refractivity contribution is 7.89. The quantitative estimate of drug-likeness (QED) is 0.884. The number of aliphatic hydroxyl groups is 1. The van der Waals surface area contributed by atoms with E-state index in [0.717, 1.165) is 0 Å². The standard InChI is InChI=1S/C14H14FNO3S/c15-13-5-1-3-11(7-13)9-16-20(18,19)14-6-2-4-12(8-14)10-17/h1-8,16-17H,9-10H2. The average Bonchev–Trinajstić information content (AvgIpc) is 2.45. The lowest BCUT2D eigenvalue weighted by Crippen LogP contribution is -2.23. The highest BCUT2D eigenvalue weighted by Crippen LogP contribution is 2.12. The summed E-state index contributed by atoms with van der Waals surface area (Å²) in [6.45, 7) is -0.225. The van der Waals surface area contributed by atoms with E-state index >= 15 is 0 Å². The average molecular weight is 295 g/mol. The van der Waals surface area contributed by atoms with E-state index < -0.39 is 15.8 Å². The first-order chi connectivity index (χ1) is 9.51. The third kappa shape index (κ3) is 3.63. The van der Waals surface area contributed by atoms with Gasteiger partial charge < -0.3 is 5.11 Å². The van der Waals surface area contributed by atoms with Crippen LogP contribution in [0, 0.1) is 5.82 Å². The fraction of sp³-hybridized carbons (Fsp3) is 0.143. The van der Waals surface area contributed by atoms with Crippen LogP contribution in [0.25, 0.3) is 0 Å². The molecule has 0 amide bonds. The molecule has 0 spiro atoms. The molecule has 0 unspecified atom stereocenters. The van der Waals surface area contributed by atoms with Crippen LogP contribution in [0.4, 0.5) is 4.39 Å². The Morgan fingerprint density at radius 2 is 1.75 bits per heavy atom. The third-order valence-corrected chi connectivity index (χ3v) is 4.15. The van der Waals surface area contributed by atoms with E-state index in [-0.39, 0.29) is 18.0 Å². The zero-order valence-corrected chi connectivity index (χ0v) is 11.4. The lowest BCUT2D eigenvalue weighted by molar-refractivity contribution is 0.281. The Morgan fingerprint density at radius 1 is 1.05 bits per heavy atom. The van der Waals surface area contributed by atoms with Crippen LogP contribution in [0.2, 0.25) is 0 Å². The molecule has 2 N–H and O–H groups in total. The maximum absolute atomic E-state index is 13.0. The SMILES string of the molecule is O=S(=O)(NCc1cccc(F)c1)c1cccc(CO)c1. The second-order valence-corrected chi connectivity index (χ2v) is 6.03. The van der Waals surface area contributed by atoms with Crippen molar-refractivity contribution in [3.05, 3.63) is 65.5 Å². The first-order valence-electron chi connectivity index (χ1n) is 5.95. The van der Waals surface area contributed by atoms with E-state index in [0.29, 0.717) is 11.1 Å². The molecule has 0 aliphatic carbocycles. The number of rotatable bonds is 5. The maximum Gasteiger partial charge on any atom is 0.240 e. The van der Waals surface area contributed by atoms with Gasteiger partial charge in [0.05, 0.1) is 11.5 Å². The van der Waals surface area contributed by atoms with Crippen molar-refractivity contribution in [2.75, 3.05) is 0 Å². The van der Waals surface area contributed by atoms with Gasteiger partial charge in [-0.15, -0.1) is 0 Å². The van der Waals surface area contributed by atoms with Gasteiger partial charge >= 0.3 is 0 Å². The highest BCUT2D eigenvalue weighted by atomic mass is 32.2. The molecule has 0 aliphatic heterocycles. The van der Waals surface area contributed by atoms with Crippen molar-refractivity contribution >= 4 is 10.0 Å². The second kappa shape index (κ2) is 6.13. The molecule has 0 aromatic heterocycles. The largest absolute Gasteiger partial charge is 0.392 e. The fourth-order valence-electron chi connectivity index (χ4n) is 1.72. The molecule has 2 aromatic rings. The topological polar surface area (TPSA) is 66.4 Å². The van der Waals surface area contributed by atoms with Crippen LogP contribution in [0.5, 0.6) is 0 Å². The van der Waals surface area contributed by atoms with Crippen LogP contribution in [0.3, 0.4) is 0 Å². The van der Waals surface area contributed by atoms with E-state index in [1.54, 1.807) is 18.2 Å². The Morgan fingerprint density at radius 3 is 2.45 bits per heavy atom. The summed E-state index contributed by atoms with van der Waals surface area (Å²) in [6.07, 6.45) is 0. The molecule has 0 bridgehead atoms. The number of hydrogen-bond acceptors (Lipinski definition) is 3. The molecule has 2 rings (SSSR count). The Hall–Kier alpha value is -1.76. The zero-order valence-electron chi connectivity index (χ0n) is 10.6. The predicted molar refractivity (Wildman–Crippen MR) is 72.8 cm³/mol. The van der Waals surface area contributed by atoms with E-state index in [1.165, 1.54) is 30.3 Å². The first kappa shape index (κ1) is 14.6. The van der Waals surface area contributed by atoms with E-state index in [1.807, 2.05) is 0 Å². The monoisotopic (exact) mass is 295 g/mol. The smallest absolute Gasteiger partial charge is 0.240 e. The summed E-state index contributed by atoms with van der Waals surface area (Å²) >= 11 is 0. The van der Waals surface area contributed by atoms with E-state index in [9.17, 15) is 12.8 Å². The molecule has 0 saturated heterocycles. The highest BCUT2D eigenvalue weighted by Gasteiger charge is 2.14.